The standard InChI is InChI=1S/C23H28O6S/c1-13(2)29-17-7-4-14(5-8-17)9-15-3-6-16-12-28-23(18(16)10-15)22(27)21(26)20(25)19(11-24)30-23/h3-8,10,13,19-22,24-27H,9,11-12H2,1-2H3/t19-,20-,21+,22-,23+/m1/s1. The summed E-state index contributed by atoms with van der Waals surface area (Å²) in [5.41, 5.74) is 3.90. The number of fused-ring (bicyclic) bond motifs is 2. The lowest BCUT2D eigenvalue weighted by Crippen LogP contribution is -2.58. The normalized spacial score (nSPS) is 30.6. The van der Waals surface area contributed by atoms with Crippen molar-refractivity contribution in [2.24, 2.45) is 0 Å². The highest BCUT2D eigenvalue weighted by atomic mass is 32.2. The van der Waals surface area contributed by atoms with E-state index in [-0.39, 0.29) is 12.7 Å². The lowest BCUT2D eigenvalue weighted by Gasteiger charge is -2.45. The fourth-order valence-electron chi connectivity index (χ4n) is 4.12. The van der Waals surface area contributed by atoms with E-state index in [0.717, 1.165) is 28.0 Å². The molecule has 1 fully saturated rings. The Balaban J connectivity index is 1.60. The largest absolute Gasteiger partial charge is 0.491 e. The van der Waals surface area contributed by atoms with Crippen LogP contribution in [0.2, 0.25) is 0 Å². The molecule has 30 heavy (non-hydrogen) atoms. The summed E-state index contributed by atoms with van der Waals surface area (Å²) in [6, 6.07) is 14.0. The molecule has 2 aliphatic rings. The number of ether oxygens (including phenoxy) is 2. The second kappa shape index (κ2) is 8.49. The van der Waals surface area contributed by atoms with E-state index in [4.69, 9.17) is 9.47 Å². The first-order valence-electron chi connectivity index (χ1n) is 10.2. The molecule has 0 aromatic heterocycles. The van der Waals surface area contributed by atoms with Crippen molar-refractivity contribution in [3.63, 3.8) is 0 Å². The van der Waals surface area contributed by atoms with Gasteiger partial charge in [-0.3, -0.25) is 0 Å². The molecule has 2 aliphatic heterocycles. The van der Waals surface area contributed by atoms with Crippen LogP contribution in [-0.4, -0.2) is 56.7 Å². The van der Waals surface area contributed by atoms with E-state index in [0.29, 0.717) is 13.0 Å². The van der Waals surface area contributed by atoms with Gasteiger partial charge in [0.25, 0.3) is 0 Å². The zero-order valence-corrected chi connectivity index (χ0v) is 17.9. The Morgan fingerprint density at radius 2 is 1.77 bits per heavy atom. The third-order valence-corrected chi connectivity index (χ3v) is 7.31. The molecule has 0 radical (unpaired) electrons. The van der Waals surface area contributed by atoms with E-state index in [1.165, 1.54) is 11.8 Å². The SMILES string of the molecule is CC(C)Oc1ccc(Cc2ccc3c(c2)[C@]2(OC3)S[C@H](CO)[C@@H](O)[C@H](O)[C@H]2O)cc1. The number of rotatable bonds is 5. The topological polar surface area (TPSA) is 99.4 Å². The number of hydrogen-bond donors (Lipinski definition) is 4. The van der Waals surface area contributed by atoms with Crippen molar-refractivity contribution in [1.82, 2.24) is 0 Å². The van der Waals surface area contributed by atoms with Crippen LogP contribution in [0.3, 0.4) is 0 Å². The van der Waals surface area contributed by atoms with Gasteiger partial charge < -0.3 is 29.9 Å². The van der Waals surface area contributed by atoms with Crippen molar-refractivity contribution in [3.05, 3.63) is 64.7 Å². The van der Waals surface area contributed by atoms with E-state index in [1.54, 1.807) is 0 Å². The van der Waals surface area contributed by atoms with E-state index in [1.807, 2.05) is 56.3 Å². The molecule has 2 aromatic rings. The van der Waals surface area contributed by atoms with Crippen molar-refractivity contribution in [2.75, 3.05) is 6.61 Å². The van der Waals surface area contributed by atoms with Crippen LogP contribution in [0.4, 0.5) is 0 Å². The smallest absolute Gasteiger partial charge is 0.168 e. The van der Waals surface area contributed by atoms with Crippen molar-refractivity contribution >= 4 is 11.8 Å². The summed E-state index contributed by atoms with van der Waals surface area (Å²) in [6.45, 7) is 3.97. The number of hydrogen-bond acceptors (Lipinski definition) is 7. The molecule has 0 aliphatic carbocycles. The van der Waals surface area contributed by atoms with Gasteiger partial charge in [-0.25, -0.2) is 0 Å². The van der Waals surface area contributed by atoms with Crippen LogP contribution >= 0.6 is 11.8 Å². The highest BCUT2D eigenvalue weighted by molar-refractivity contribution is 8.00. The summed E-state index contributed by atoms with van der Waals surface area (Å²) in [4.78, 5) is -1.20. The number of aliphatic hydroxyl groups excluding tert-OH is 4. The summed E-state index contributed by atoms with van der Waals surface area (Å²) < 4.78 is 11.7. The molecular formula is C23H28O6S. The maximum Gasteiger partial charge on any atom is 0.168 e. The molecule has 0 saturated carbocycles. The van der Waals surface area contributed by atoms with Gasteiger partial charge in [-0.15, -0.1) is 11.8 Å². The third kappa shape index (κ3) is 3.86. The van der Waals surface area contributed by atoms with Gasteiger partial charge in [-0.2, -0.15) is 0 Å². The number of aliphatic hydroxyl groups is 4. The molecule has 2 heterocycles. The fraction of sp³-hybridized carbons (Fsp3) is 0.478. The molecule has 0 bridgehead atoms. The van der Waals surface area contributed by atoms with E-state index in [2.05, 4.69) is 0 Å². The quantitative estimate of drug-likeness (QED) is 0.573. The van der Waals surface area contributed by atoms with Gasteiger partial charge in [0, 0.05) is 5.56 Å². The molecule has 1 saturated heterocycles. The van der Waals surface area contributed by atoms with Crippen molar-refractivity contribution < 1.29 is 29.9 Å². The van der Waals surface area contributed by atoms with E-state index < -0.39 is 28.5 Å². The van der Waals surface area contributed by atoms with Crippen molar-refractivity contribution in [3.8, 4) is 5.75 Å². The molecular weight excluding hydrogens is 404 g/mol. The molecule has 2 aromatic carbocycles. The van der Waals surface area contributed by atoms with Crippen LogP contribution in [0.5, 0.6) is 5.75 Å². The second-order valence-electron chi connectivity index (χ2n) is 8.20. The highest BCUT2D eigenvalue weighted by Gasteiger charge is 2.57. The van der Waals surface area contributed by atoms with Crippen LogP contribution in [0.25, 0.3) is 0 Å². The first kappa shape index (κ1) is 21.6. The average Bonchev–Trinajstić information content (AvgIpc) is 3.09. The van der Waals surface area contributed by atoms with Crippen LogP contribution in [-0.2, 0) is 22.7 Å². The average molecular weight is 433 g/mol. The molecule has 0 amide bonds. The molecule has 4 N–H and O–H groups in total. The Morgan fingerprint density at radius 1 is 1.07 bits per heavy atom. The van der Waals surface area contributed by atoms with Crippen molar-refractivity contribution in [1.29, 1.82) is 0 Å². The Bertz CT molecular complexity index is 884. The van der Waals surface area contributed by atoms with Gasteiger partial charge in [0.15, 0.2) is 4.93 Å². The Hall–Kier alpha value is -1.61. The lowest BCUT2D eigenvalue weighted by molar-refractivity contribution is -0.147. The Labute approximate surface area is 180 Å². The van der Waals surface area contributed by atoms with E-state index in [9.17, 15) is 20.4 Å². The minimum Gasteiger partial charge on any atom is -0.491 e. The van der Waals surface area contributed by atoms with Gasteiger partial charge in [0.1, 0.15) is 18.0 Å². The van der Waals surface area contributed by atoms with Gasteiger partial charge >= 0.3 is 0 Å². The molecule has 0 unspecified atom stereocenters. The fourth-order valence-corrected chi connectivity index (χ4v) is 5.67. The van der Waals surface area contributed by atoms with Crippen LogP contribution in [0.15, 0.2) is 42.5 Å². The zero-order valence-electron chi connectivity index (χ0n) is 17.1. The summed E-state index contributed by atoms with van der Waals surface area (Å²) in [7, 11) is 0. The molecule has 5 atom stereocenters. The van der Waals surface area contributed by atoms with Crippen LogP contribution < -0.4 is 4.74 Å². The molecule has 162 valence electrons. The Kier molecular flexibility index (Phi) is 6.12. The van der Waals surface area contributed by atoms with Crippen molar-refractivity contribution in [2.45, 2.75) is 61.5 Å². The summed E-state index contributed by atoms with van der Waals surface area (Å²) >= 11 is 1.18. The maximum atomic E-state index is 10.8. The zero-order chi connectivity index (χ0) is 21.5. The number of thioether (sulfide) groups is 1. The first-order valence-corrected chi connectivity index (χ1v) is 11.1. The van der Waals surface area contributed by atoms with Crippen LogP contribution in [0.1, 0.15) is 36.1 Å². The van der Waals surface area contributed by atoms with Crippen LogP contribution in [0, 0.1) is 0 Å². The van der Waals surface area contributed by atoms with Gasteiger partial charge in [-0.05, 0) is 49.1 Å². The third-order valence-electron chi connectivity index (χ3n) is 5.65. The number of benzene rings is 2. The molecule has 7 heteroatoms. The van der Waals surface area contributed by atoms with E-state index >= 15 is 0 Å². The molecule has 6 nitrogen and oxygen atoms in total. The maximum absolute atomic E-state index is 10.8. The summed E-state index contributed by atoms with van der Waals surface area (Å²) in [6.07, 6.45) is -3.10. The van der Waals surface area contributed by atoms with Gasteiger partial charge in [-0.1, -0.05) is 30.3 Å². The predicted octanol–water partition coefficient (Wildman–Crippen LogP) is 1.94. The summed E-state index contributed by atoms with van der Waals surface area (Å²) in [5, 5.41) is 40.3. The molecule has 4 rings (SSSR count). The lowest BCUT2D eigenvalue weighted by atomic mass is 9.91. The monoisotopic (exact) mass is 432 g/mol. The van der Waals surface area contributed by atoms with Gasteiger partial charge in [0.05, 0.1) is 30.7 Å². The Morgan fingerprint density at radius 3 is 2.43 bits per heavy atom. The minimum atomic E-state index is -1.40. The second-order valence-corrected chi connectivity index (χ2v) is 9.65. The first-order chi connectivity index (χ1) is 14.3. The molecule has 1 spiro atoms. The minimum absolute atomic E-state index is 0.125. The van der Waals surface area contributed by atoms with Gasteiger partial charge in [0.2, 0.25) is 0 Å². The predicted molar refractivity (Wildman–Crippen MR) is 114 cm³/mol. The summed E-state index contributed by atoms with van der Waals surface area (Å²) in [5.74, 6) is 0.833. The highest BCUT2D eigenvalue weighted by Crippen LogP contribution is 2.54.